The van der Waals surface area contributed by atoms with E-state index < -0.39 is 0 Å². The van der Waals surface area contributed by atoms with Gasteiger partial charge in [-0.15, -0.1) is 0 Å². The standard InChI is InChI=1S/C9H8N2O2/c1-7-4-5-11(10-7)9-3-2-8(6-12)13-9/h2-6H,1H3. The molecule has 4 nitrogen and oxygen atoms in total. The van der Waals surface area contributed by atoms with Gasteiger partial charge in [0, 0.05) is 12.3 Å². The summed E-state index contributed by atoms with van der Waals surface area (Å²) in [6.07, 6.45) is 2.45. The van der Waals surface area contributed by atoms with E-state index in [1.807, 2.05) is 13.0 Å². The van der Waals surface area contributed by atoms with Gasteiger partial charge in [-0.05, 0) is 19.1 Å². The number of furan rings is 1. The van der Waals surface area contributed by atoms with Crippen LogP contribution in [0, 0.1) is 6.92 Å². The molecule has 0 N–H and O–H groups in total. The summed E-state index contributed by atoms with van der Waals surface area (Å²) in [5.41, 5.74) is 0.907. The molecule has 0 unspecified atom stereocenters. The van der Waals surface area contributed by atoms with Crippen molar-refractivity contribution in [3.8, 4) is 5.88 Å². The molecule has 0 saturated carbocycles. The zero-order valence-corrected chi connectivity index (χ0v) is 7.10. The highest BCUT2D eigenvalue weighted by molar-refractivity contribution is 5.70. The highest BCUT2D eigenvalue weighted by atomic mass is 16.4. The van der Waals surface area contributed by atoms with Crippen LogP contribution in [0.5, 0.6) is 0 Å². The second-order valence-corrected chi connectivity index (χ2v) is 2.70. The van der Waals surface area contributed by atoms with Gasteiger partial charge in [0.1, 0.15) is 0 Å². The molecular formula is C9H8N2O2. The Bertz CT molecular complexity index is 428. The Hall–Kier alpha value is -1.84. The predicted molar refractivity (Wildman–Crippen MR) is 46.0 cm³/mol. The highest BCUT2D eigenvalue weighted by Gasteiger charge is 2.03. The third-order valence-corrected chi connectivity index (χ3v) is 1.68. The Balaban J connectivity index is 2.40. The van der Waals surface area contributed by atoms with Gasteiger partial charge < -0.3 is 4.42 Å². The molecule has 2 aromatic heterocycles. The summed E-state index contributed by atoms with van der Waals surface area (Å²) in [7, 11) is 0. The fraction of sp³-hybridized carbons (Fsp3) is 0.111. The van der Waals surface area contributed by atoms with E-state index in [-0.39, 0.29) is 0 Å². The first kappa shape index (κ1) is 7.79. The van der Waals surface area contributed by atoms with Crippen molar-refractivity contribution in [3.05, 3.63) is 35.9 Å². The van der Waals surface area contributed by atoms with E-state index in [4.69, 9.17) is 4.42 Å². The van der Waals surface area contributed by atoms with Gasteiger partial charge in [0.2, 0.25) is 5.88 Å². The van der Waals surface area contributed by atoms with Gasteiger partial charge in [-0.1, -0.05) is 0 Å². The molecule has 13 heavy (non-hydrogen) atoms. The van der Waals surface area contributed by atoms with Crippen molar-refractivity contribution in [3.63, 3.8) is 0 Å². The van der Waals surface area contributed by atoms with Gasteiger partial charge in [0.15, 0.2) is 12.0 Å². The maximum atomic E-state index is 10.3. The number of rotatable bonds is 2. The van der Waals surface area contributed by atoms with Crippen molar-refractivity contribution < 1.29 is 9.21 Å². The van der Waals surface area contributed by atoms with E-state index in [2.05, 4.69) is 5.10 Å². The molecule has 0 aliphatic rings. The zero-order valence-electron chi connectivity index (χ0n) is 7.10. The summed E-state index contributed by atoms with van der Waals surface area (Å²) in [6.45, 7) is 1.89. The summed E-state index contributed by atoms with van der Waals surface area (Å²) < 4.78 is 6.75. The van der Waals surface area contributed by atoms with Crippen molar-refractivity contribution in [2.45, 2.75) is 6.92 Å². The number of aldehydes is 1. The van der Waals surface area contributed by atoms with Crippen LogP contribution < -0.4 is 0 Å². The summed E-state index contributed by atoms with van der Waals surface area (Å²) in [6, 6.07) is 5.18. The minimum absolute atomic E-state index is 0.308. The van der Waals surface area contributed by atoms with Crippen LogP contribution in [0.3, 0.4) is 0 Å². The second kappa shape index (κ2) is 2.90. The summed E-state index contributed by atoms with van der Waals surface area (Å²) in [5, 5.41) is 4.14. The molecule has 0 amide bonds. The van der Waals surface area contributed by atoms with E-state index >= 15 is 0 Å². The van der Waals surface area contributed by atoms with Crippen molar-refractivity contribution in [1.29, 1.82) is 0 Å². The predicted octanol–water partition coefficient (Wildman–Crippen LogP) is 1.59. The topological polar surface area (TPSA) is 48.0 Å². The van der Waals surface area contributed by atoms with Crippen molar-refractivity contribution in [2.75, 3.05) is 0 Å². The minimum Gasteiger partial charge on any atom is -0.436 e. The third kappa shape index (κ3) is 1.38. The normalized spacial score (nSPS) is 10.2. The summed E-state index contributed by atoms with van der Waals surface area (Å²) >= 11 is 0. The molecule has 4 heteroatoms. The van der Waals surface area contributed by atoms with Crippen LogP contribution in [0.4, 0.5) is 0 Å². The number of hydrogen-bond acceptors (Lipinski definition) is 3. The molecule has 0 atom stereocenters. The van der Waals surface area contributed by atoms with Crippen molar-refractivity contribution >= 4 is 6.29 Å². The van der Waals surface area contributed by atoms with Gasteiger partial charge >= 0.3 is 0 Å². The van der Waals surface area contributed by atoms with Gasteiger partial charge in [-0.2, -0.15) is 5.10 Å². The fourth-order valence-electron chi connectivity index (χ4n) is 1.07. The Morgan fingerprint density at radius 3 is 2.85 bits per heavy atom. The van der Waals surface area contributed by atoms with Crippen LogP contribution in [-0.4, -0.2) is 16.1 Å². The Morgan fingerprint density at radius 1 is 1.46 bits per heavy atom. The maximum Gasteiger partial charge on any atom is 0.220 e. The highest BCUT2D eigenvalue weighted by Crippen LogP contribution is 2.10. The number of aryl methyl sites for hydroxylation is 1. The number of hydrogen-bond donors (Lipinski definition) is 0. The molecule has 2 aromatic rings. The minimum atomic E-state index is 0.308. The first-order valence-corrected chi connectivity index (χ1v) is 3.87. The van der Waals surface area contributed by atoms with Crippen LogP contribution in [0.1, 0.15) is 16.2 Å². The molecule has 0 saturated heterocycles. The summed E-state index contributed by atoms with van der Waals surface area (Å²) in [5.74, 6) is 0.860. The van der Waals surface area contributed by atoms with E-state index in [0.29, 0.717) is 17.9 Å². The van der Waals surface area contributed by atoms with E-state index in [0.717, 1.165) is 5.69 Å². The van der Waals surface area contributed by atoms with Crippen molar-refractivity contribution in [2.24, 2.45) is 0 Å². The van der Waals surface area contributed by atoms with Crippen LogP contribution >= 0.6 is 0 Å². The van der Waals surface area contributed by atoms with Crippen LogP contribution in [0.25, 0.3) is 5.88 Å². The molecule has 0 bridgehead atoms. The van der Waals surface area contributed by atoms with Crippen LogP contribution in [-0.2, 0) is 0 Å². The molecule has 0 aliphatic carbocycles. The van der Waals surface area contributed by atoms with Gasteiger partial charge in [0.05, 0.1) is 5.69 Å². The Kier molecular flexibility index (Phi) is 1.73. The quantitative estimate of drug-likeness (QED) is 0.653. The van der Waals surface area contributed by atoms with Crippen molar-refractivity contribution in [1.82, 2.24) is 9.78 Å². The van der Waals surface area contributed by atoms with E-state index in [1.165, 1.54) is 0 Å². The molecule has 0 fully saturated rings. The SMILES string of the molecule is Cc1ccn(-c2ccc(C=O)o2)n1. The lowest BCUT2D eigenvalue weighted by atomic mass is 10.5. The fourth-order valence-corrected chi connectivity index (χ4v) is 1.07. The van der Waals surface area contributed by atoms with E-state index in [1.54, 1.807) is 23.0 Å². The largest absolute Gasteiger partial charge is 0.436 e. The number of carbonyl (C=O) groups excluding carboxylic acids is 1. The number of aromatic nitrogens is 2. The molecule has 66 valence electrons. The lowest BCUT2D eigenvalue weighted by Gasteiger charge is -1.92. The Morgan fingerprint density at radius 2 is 2.31 bits per heavy atom. The molecule has 2 rings (SSSR count). The first-order chi connectivity index (χ1) is 6.29. The van der Waals surface area contributed by atoms with E-state index in [9.17, 15) is 4.79 Å². The van der Waals surface area contributed by atoms with Crippen LogP contribution in [0.2, 0.25) is 0 Å². The maximum absolute atomic E-state index is 10.3. The second-order valence-electron chi connectivity index (χ2n) is 2.70. The number of carbonyl (C=O) groups is 1. The number of nitrogens with zero attached hydrogens (tertiary/aromatic N) is 2. The van der Waals surface area contributed by atoms with Crippen LogP contribution in [0.15, 0.2) is 28.8 Å². The Labute approximate surface area is 74.8 Å². The molecule has 2 heterocycles. The van der Waals surface area contributed by atoms with Gasteiger partial charge in [0.25, 0.3) is 0 Å². The summed E-state index contributed by atoms with van der Waals surface area (Å²) in [4.78, 5) is 10.3. The average Bonchev–Trinajstić information content (AvgIpc) is 2.71. The molecule has 0 aromatic carbocycles. The average molecular weight is 176 g/mol. The molecule has 0 spiro atoms. The third-order valence-electron chi connectivity index (χ3n) is 1.68. The lowest BCUT2D eigenvalue weighted by molar-refractivity contribution is 0.110. The van der Waals surface area contributed by atoms with Gasteiger partial charge in [-0.3, -0.25) is 4.79 Å². The lowest BCUT2D eigenvalue weighted by Crippen LogP contribution is -1.91. The first-order valence-electron chi connectivity index (χ1n) is 3.87. The van der Waals surface area contributed by atoms with Gasteiger partial charge in [-0.25, -0.2) is 4.68 Å². The molecule has 0 radical (unpaired) electrons. The smallest absolute Gasteiger partial charge is 0.220 e. The zero-order chi connectivity index (χ0) is 9.26. The molecule has 0 aliphatic heterocycles. The molecular weight excluding hydrogens is 168 g/mol. The monoisotopic (exact) mass is 176 g/mol.